The van der Waals surface area contributed by atoms with Gasteiger partial charge in [0, 0.05) is 0 Å². The molecule has 0 unspecified atom stereocenters. The van der Waals surface area contributed by atoms with E-state index in [1.54, 1.807) is 0 Å². The smallest absolute Gasteiger partial charge is 0.281 e. The molecule has 0 spiro atoms. The molecular weight excluding hydrogens is 201 g/mol. The fourth-order valence-corrected chi connectivity index (χ4v) is 1.49. The van der Waals surface area contributed by atoms with Gasteiger partial charge in [-0.15, -0.1) is 0 Å². The number of primary amides is 1. The molecule has 0 saturated heterocycles. The summed E-state index contributed by atoms with van der Waals surface area (Å²) < 4.78 is 12.9. The second kappa shape index (κ2) is 3.78. The molecule has 0 aliphatic heterocycles. The van der Waals surface area contributed by atoms with Crippen molar-refractivity contribution < 1.29 is 9.18 Å². The Labute approximate surface area is 77.9 Å². The molecule has 5 heteroatoms. The highest BCUT2D eigenvalue weighted by molar-refractivity contribution is 8.13. The maximum Gasteiger partial charge on any atom is 0.281 e. The number of hydrogen-bond donors (Lipinski definition) is 1. The largest absolute Gasteiger partial charge is 0.360 e. The molecule has 0 bridgehead atoms. The summed E-state index contributed by atoms with van der Waals surface area (Å²) in [7, 11) is 0. The summed E-state index contributed by atoms with van der Waals surface area (Å²) >= 11 is 6.19. The Bertz CT molecular complexity index is 298. The van der Waals surface area contributed by atoms with Crippen molar-refractivity contribution >= 4 is 28.6 Å². The minimum atomic E-state index is -0.679. The Balaban J connectivity index is 3.04. The molecule has 0 heterocycles. The topological polar surface area (TPSA) is 43.1 Å². The molecule has 0 saturated carbocycles. The van der Waals surface area contributed by atoms with E-state index in [1.165, 1.54) is 18.2 Å². The zero-order valence-corrected chi connectivity index (χ0v) is 7.45. The third kappa shape index (κ3) is 2.12. The van der Waals surface area contributed by atoms with Crippen LogP contribution in [0.3, 0.4) is 0 Å². The molecule has 0 radical (unpaired) electrons. The SMILES string of the molecule is NC(=O)Sc1c(F)cccc1Cl. The van der Waals surface area contributed by atoms with Gasteiger partial charge in [-0.1, -0.05) is 17.7 Å². The lowest BCUT2D eigenvalue weighted by Gasteiger charge is -2.00. The predicted molar refractivity (Wildman–Crippen MR) is 46.9 cm³/mol. The molecule has 1 rings (SSSR count). The van der Waals surface area contributed by atoms with Gasteiger partial charge in [0.1, 0.15) is 5.82 Å². The first-order chi connectivity index (χ1) is 5.61. The van der Waals surface area contributed by atoms with Gasteiger partial charge in [0.05, 0.1) is 9.92 Å². The van der Waals surface area contributed by atoms with E-state index in [1.807, 2.05) is 0 Å². The van der Waals surface area contributed by atoms with E-state index < -0.39 is 11.1 Å². The van der Waals surface area contributed by atoms with E-state index in [9.17, 15) is 9.18 Å². The van der Waals surface area contributed by atoms with E-state index in [0.717, 1.165) is 0 Å². The van der Waals surface area contributed by atoms with Crippen LogP contribution < -0.4 is 5.73 Å². The monoisotopic (exact) mass is 205 g/mol. The fraction of sp³-hybridized carbons (Fsp3) is 0. The first-order valence-electron chi connectivity index (χ1n) is 3.02. The zero-order valence-electron chi connectivity index (χ0n) is 5.88. The molecule has 64 valence electrons. The number of nitrogens with two attached hydrogens (primary N) is 1. The number of carbonyl (C=O) groups is 1. The maximum atomic E-state index is 12.9. The first-order valence-corrected chi connectivity index (χ1v) is 4.22. The second-order valence-electron chi connectivity index (χ2n) is 1.97. The molecular formula is C7H5ClFNOS. The Morgan fingerprint density at radius 2 is 2.25 bits per heavy atom. The third-order valence-corrected chi connectivity index (χ3v) is 2.37. The average molecular weight is 206 g/mol. The van der Waals surface area contributed by atoms with Crippen LogP contribution >= 0.6 is 23.4 Å². The Morgan fingerprint density at radius 1 is 1.58 bits per heavy atom. The molecule has 1 aromatic carbocycles. The lowest BCUT2D eigenvalue weighted by Crippen LogP contribution is -2.02. The van der Waals surface area contributed by atoms with E-state index in [0.29, 0.717) is 11.8 Å². The Morgan fingerprint density at radius 3 is 2.75 bits per heavy atom. The summed E-state index contributed by atoms with van der Waals surface area (Å²) in [5.41, 5.74) is 4.86. The molecule has 0 atom stereocenters. The fourth-order valence-electron chi connectivity index (χ4n) is 0.681. The normalized spacial score (nSPS) is 9.83. The summed E-state index contributed by atoms with van der Waals surface area (Å²) in [6.07, 6.45) is 0. The van der Waals surface area contributed by atoms with Gasteiger partial charge in [0.15, 0.2) is 0 Å². The standard InChI is InChI=1S/C7H5ClFNOS/c8-4-2-1-3-5(9)6(4)12-7(10)11/h1-3H,(H2,10,11). The van der Waals surface area contributed by atoms with E-state index in [-0.39, 0.29) is 9.92 Å². The number of amides is 1. The van der Waals surface area contributed by atoms with E-state index >= 15 is 0 Å². The molecule has 0 aromatic heterocycles. The molecule has 12 heavy (non-hydrogen) atoms. The highest BCUT2D eigenvalue weighted by Gasteiger charge is 2.09. The maximum absolute atomic E-state index is 12.9. The lowest BCUT2D eigenvalue weighted by atomic mass is 10.3. The van der Waals surface area contributed by atoms with Gasteiger partial charge in [0.25, 0.3) is 5.24 Å². The summed E-state index contributed by atoms with van der Waals surface area (Å²) in [5.74, 6) is -0.536. The second-order valence-corrected chi connectivity index (χ2v) is 3.39. The van der Waals surface area contributed by atoms with Crippen LogP contribution in [0.5, 0.6) is 0 Å². The van der Waals surface area contributed by atoms with E-state index in [2.05, 4.69) is 0 Å². The van der Waals surface area contributed by atoms with Gasteiger partial charge < -0.3 is 5.73 Å². The van der Waals surface area contributed by atoms with E-state index in [4.69, 9.17) is 17.3 Å². The van der Waals surface area contributed by atoms with Crippen LogP contribution in [0.4, 0.5) is 9.18 Å². The van der Waals surface area contributed by atoms with Crippen LogP contribution in [0, 0.1) is 5.82 Å². The zero-order chi connectivity index (χ0) is 9.14. The van der Waals surface area contributed by atoms with Gasteiger partial charge >= 0.3 is 0 Å². The minimum absolute atomic E-state index is 0.0756. The van der Waals surface area contributed by atoms with Crippen LogP contribution in [0.15, 0.2) is 23.1 Å². The van der Waals surface area contributed by atoms with Crippen LogP contribution in [0.2, 0.25) is 5.02 Å². The third-order valence-electron chi connectivity index (χ3n) is 1.12. The molecule has 0 aliphatic rings. The Kier molecular flexibility index (Phi) is 2.94. The molecule has 1 amide bonds. The van der Waals surface area contributed by atoms with Gasteiger partial charge in [-0.25, -0.2) is 4.39 Å². The summed E-state index contributed by atoms with van der Waals surface area (Å²) in [4.78, 5) is 10.5. The number of halogens is 2. The van der Waals surface area contributed by atoms with Crippen molar-refractivity contribution in [1.29, 1.82) is 0 Å². The first kappa shape index (κ1) is 9.35. The number of thioether (sulfide) groups is 1. The number of hydrogen-bond acceptors (Lipinski definition) is 2. The molecule has 2 N–H and O–H groups in total. The molecule has 0 fully saturated rings. The van der Waals surface area contributed by atoms with Crippen molar-refractivity contribution in [2.75, 3.05) is 0 Å². The highest BCUT2D eigenvalue weighted by Crippen LogP contribution is 2.29. The van der Waals surface area contributed by atoms with Crippen molar-refractivity contribution in [3.8, 4) is 0 Å². The van der Waals surface area contributed by atoms with Crippen molar-refractivity contribution in [1.82, 2.24) is 0 Å². The number of carbonyl (C=O) groups excluding carboxylic acids is 1. The van der Waals surface area contributed by atoms with Crippen molar-refractivity contribution in [3.05, 3.63) is 29.0 Å². The highest BCUT2D eigenvalue weighted by atomic mass is 35.5. The van der Waals surface area contributed by atoms with Crippen molar-refractivity contribution in [3.63, 3.8) is 0 Å². The molecule has 0 aliphatic carbocycles. The van der Waals surface area contributed by atoms with Gasteiger partial charge in [0.2, 0.25) is 0 Å². The van der Waals surface area contributed by atoms with Gasteiger partial charge in [-0.3, -0.25) is 4.79 Å². The Hall–Kier alpha value is -0.740. The molecule has 1 aromatic rings. The van der Waals surface area contributed by atoms with Crippen LogP contribution in [0.25, 0.3) is 0 Å². The predicted octanol–water partition coefficient (Wildman–Crippen LogP) is 2.65. The van der Waals surface area contributed by atoms with Gasteiger partial charge in [-0.2, -0.15) is 0 Å². The lowest BCUT2D eigenvalue weighted by molar-refractivity contribution is 0.267. The summed E-state index contributed by atoms with van der Waals surface area (Å²) in [5, 5.41) is -0.485. The van der Waals surface area contributed by atoms with Crippen LogP contribution in [-0.2, 0) is 0 Å². The number of benzene rings is 1. The summed E-state index contributed by atoms with van der Waals surface area (Å²) in [6, 6.07) is 4.18. The number of rotatable bonds is 1. The quantitative estimate of drug-likeness (QED) is 0.717. The summed E-state index contributed by atoms with van der Waals surface area (Å²) in [6.45, 7) is 0. The van der Waals surface area contributed by atoms with Crippen LogP contribution in [0.1, 0.15) is 0 Å². The molecule has 2 nitrogen and oxygen atoms in total. The van der Waals surface area contributed by atoms with Gasteiger partial charge in [-0.05, 0) is 23.9 Å². The van der Waals surface area contributed by atoms with Crippen molar-refractivity contribution in [2.24, 2.45) is 5.73 Å². The van der Waals surface area contributed by atoms with Crippen molar-refractivity contribution in [2.45, 2.75) is 4.90 Å². The average Bonchev–Trinajstić information content (AvgIpc) is 1.97. The minimum Gasteiger partial charge on any atom is -0.360 e. The van der Waals surface area contributed by atoms with Crippen LogP contribution in [-0.4, -0.2) is 5.24 Å².